The fourth-order valence-electron chi connectivity index (χ4n) is 4.90. The minimum atomic E-state index is -0.182. The van der Waals surface area contributed by atoms with E-state index in [2.05, 4.69) is 23.7 Å². The number of H-pyrrole nitrogens is 1. The number of benzene rings is 3. The lowest BCUT2D eigenvalue weighted by atomic mass is 9.98. The molecular weight excluding hydrogens is 455 g/mol. The van der Waals surface area contributed by atoms with E-state index >= 15 is 0 Å². The van der Waals surface area contributed by atoms with Crippen LogP contribution in [0.15, 0.2) is 66.7 Å². The van der Waals surface area contributed by atoms with Gasteiger partial charge >= 0.3 is 0 Å². The fourth-order valence-corrected chi connectivity index (χ4v) is 4.90. The highest BCUT2D eigenvalue weighted by molar-refractivity contribution is 5.98. The Hall–Kier alpha value is -3.71. The Morgan fingerprint density at radius 2 is 1.89 bits per heavy atom. The first-order chi connectivity index (χ1) is 17.4. The van der Waals surface area contributed by atoms with Gasteiger partial charge in [-0.05, 0) is 54.4 Å². The number of halogens is 1. The number of hydrogen-bond donors (Lipinski definition) is 1. The van der Waals surface area contributed by atoms with Crippen LogP contribution in [0.5, 0.6) is 5.75 Å². The van der Waals surface area contributed by atoms with E-state index in [0.717, 1.165) is 28.2 Å². The van der Waals surface area contributed by atoms with Gasteiger partial charge in [0.1, 0.15) is 17.4 Å². The molecule has 36 heavy (non-hydrogen) atoms. The molecule has 1 amide bonds. The first kappa shape index (κ1) is 24.0. The van der Waals surface area contributed by atoms with Crippen molar-refractivity contribution < 1.29 is 13.9 Å². The predicted molar refractivity (Wildman–Crippen MR) is 139 cm³/mol. The number of imidazole rings is 1. The van der Waals surface area contributed by atoms with Crippen LogP contribution in [0.3, 0.4) is 0 Å². The molecule has 4 aromatic rings. The molecule has 1 fully saturated rings. The summed E-state index contributed by atoms with van der Waals surface area (Å²) in [6, 6.07) is 20.3. The molecule has 0 aliphatic carbocycles. The molecular formula is C29H31FN4O2. The lowest BCUT2D eigenvalue weighted by molar-refractivity contribution is 0.0326. The molecule has 186 valence electrons. The molecule has 6 nitrogen and oxygen atoms in total. The molecule has 1 unspecified atom stereocenters. The maximum absolute atomic E-state index is 14.2. The minimum Gasteiger partial charge on any atom is -0.497 e. The number of rotatable bonds is 6. The molecule has 1 atom stereocenters. The number of aromatic amines is 1. The van der Waals surface area contributed by atoms with Crippen LogP contribution in [0.1, 0.15) is 29.8 Å². The number of amides is 1. The molecule has 0 bridgehead atoms. The summed E-state index contributed by atoms with van der Waals surface area (Å²) in [5.74, 6) is 1.64. The maximum atomic E-state index is 14.2. The number of fused-ring (bicyclic) bond motifs is 1. The van der Waals surface area contributed by atoms with Crippen molar-refractivity contribution in [1.29, 1.82) is 0 Å². The topological polar surface area (TPSA) is 61.5 Å². The summed E-state index contributed by atoms with van der Waals surface area (Å²) in [6.07, 6.45) is 0. The SMILES string of the molecule is COc1ccc(-c2nc3ccc(C(=O)N4CCN(Cc5ccccc5F)CC4C(C)C)cc3[nH]2)cc1. The van der Waals surface area contributed by atoms with Crippen LogP contribution in [-0.2, 0) is 6.54 Å². The van der Waals surface area contributed by atoms with Gasteiger partial charge in [0.2, 0.25) is 0 Å². The van der Waals surface area contributed by atoms with Crippen LogP contribution in [0.2, 0.25) is 0 Å². The van der Waals surface area contributed by atoms with Crippen LogP contribution < -0.4 is 4.74 Å². The van der Waals surface area contributed by atoms with Crippen LogP contribution in [0.4, 0.5) is 4.39 Å². The van der Waals surface area contributed by atoms with E-state index in [9.17, 15) is 9.18 Å². The summed E-state index contributed by atoms with van der Waals surface area (Å²) in [4.78, 5) is 25.9. The van der Waals surface area contributed by atoms with Crippen molar-refractivity contribution in [2.24, 2.45) is 5.92 Å². The zero-order valence-corrected chi connectivity index (χ0v) is 20.9. The zero-order valence-electron chi connectivity index (χ0n) is 20.9. The average Bonchev–Trinajstić information content (AvgIpc) is 3.33. The highest BCUT2D eigenvalue weighted by Crippen LogP contribution is 2.26. The lowest BCUT2D eigenvalue weighted by Crippen LogP contribution is -2.56. The molecule has 1 aromatic heterocycles. The summed E-state index contributed by atoms with van der Waals surface area (Å²) in [6.45, 7) is 6.84. The highest BCUT2D eigenvalue weighted by atomic mass is 19.1. The summed E-state index contributed by atoms with van der Waals surface area (Å²) in [7, 11) is 1.64. The predicted octanol–water partition coefficient (Wildman–Crippen LogP) is 5.36. The number of carbonyl (C=O) groups excluding carboxylic acids is 1. The second kappa shape index (κ2) is 10.1. The Morgan fingerprint density at radius 3 is 2.61 bits per heavy atom. The number of nitrogens with one attached hydrogen (secondary N) is 1. The summed E-state index contributed by atoms with van der Waals surface area (Å²) in [5, 5.41) is 0. The molecule has 0 spiro atoms. The van der Waals surface area contributed by atoms with Gasteiger partial charge < -0.3 is 14.6 Å². The fraction of sp³-hybridized carbons (Fsp3) is 0.310. The molecule has 1 saturated heterocycles. The third-order valence-electron chi connectivity index (χ3n) is 6.98. The minimum absolute atomic E-state index is 0.0155. The Morgan fingerprint density at radius 1 is 1.11 bits per heavy atom. The summed E-state index contributed by atoms with van der Waals surface area (Å²) >= 11 is 0. The van der Waals surface area contributed by atoms with Gasteiger partial charge in [0.15, 0.2) is 0 Å². The van der Waals surface area contributed by atoms with Gasteiger partial charge in [0.05, 0.1) is 18.1 Å². The Labute approximate surface area is 210 Å². The van der Waals surface area contributed by atoms with Crippen molar-refractivity contribution in [2.75, 3.05) is 26.7 Å². The quantitative estimate of drug-likeness (QED) is 0.399. The van der Waals surface area contributed by atoms with Gasteiger partial charge in [0, 0.05) is 48.9 Å². The largest absolute Gasteiger partial charge is 0.497 e. The second-order valence-electron chi connectivity index (χ2n) is 9.68. The molecule has 0 saturated carbocycles. The molecule has 2 heterocycles. The van der Waals surface area contributed by atoms with E-state index in [1.807, 2.05) is 59.5 Å². The standard InChI is InChI=1S/C29H31FN4O2/c1-19(2)27-18-33(17-22-6-4-5-7-24(22)30)14-15-34(27)29(35)21-10-13-25-26(16-21)32-28(31-25)20-8-11-23(36-3)12-9-20/h4-13,16,19,27H,14-15,17-18H2,1-3H3,(H,31,32). The summed E-state index contributed by atoms with van der Waals surface area (Å²) < 4.78 is 19.4. The van der Waals surface area contributed by atoms with E-state index in [1.54, 1.807) is 13.2 Å². The van der Waals surface area contributed by atoms with Crippen molar-refractivity contribution in [1.82, 2.24) is 19.8 Å². The number of ether oxygens (including phenoxy) is 1. The molecule has 0 radical (unpaired) electrons. The zero-order chi connectivity index (χ0) is 25.2. The van der Waals surface area contributed by atoms with Gasteiger partial charge in [0.25, 0.3) is 5.91 Å². The average molecular weight is 487 g/mol. The molecule has 3 aromatic carbocycles. The Balaban J connectivity index is 1.34. The van der Waals surface area contributed by atoms with Gasteiger partial charge in [-0.1, -0.05) is 32.0 Å². The van der Waals surface area contributed by atoms with Crippen molar-refractivity contribution in [3.8, 4) is 17.1 Å². The monoisotopic (exact) mass is 486 g/mol. The highest BCUT2D eigenvalue weighted by Gasteiger charge is 2.33. The van der Waals surface area contributed by atoms with Gasteiger partial charge in [-0.25, -0.2) is 9.37 Å². The summed E-state index contributed by atoms with van der Waals surface area (Å²) in [5.41, 5.74) is 3.92. The maximum Gasteiger partial charge on any atom is 0.254 e. The van der Waals surface area contributed by atoms with Gasteiger partial charge in [-0.3, -0.25) is 9.69 Å². The van der Waals surface area contributed by atoms with E-state index in [1.165, 1.54) is 6.07 Å². The van der Waals surface area contributed by atoms with Crippen LogP contribution in [0.25, 0.3) is 22.4 Å². The Bertz CT molecular complexity index is 1370. The molecule has 5 rings (SSSR count). The van der Waals surface area contributed by atoms with Crippen molar-refractivity contribution in [2.45, 2.75) is 26.4 Å². The number of hydrogen-bond acceptors (Lipinski definition) is 4. The molecule has 1 aliphatic rings. The molecule has 1 N–H and O–H groups in total. The first-order valence-electron chi connectivity index (χ1n) is 12.3. The van der Waals surface area contributed by atoms with E-state index in [0.29, 0.717) is 37.3 Å². The van der Waals surface area contributed by atoms with Gasteiger partial charge in [-0.15, -0.1) is 0 Å². The lowest BCUT2D eigenvalue weighted by Gasteiger charge is -2.43. The van der Waals surface area contributed by atoms with Crippen LogP contribution in [-0.4, -0.2) is 58.5 Å². The Kier molecular flexibility index (Phi) is 6.74. The third kappa shape index (κ3) is 4.84. The van der Waals surface area contributed by atoms with Crippen molar-refractivity contribution in [3.63, 3.8) is 0 Å². The van der Waals surface area contributed by atoms with Crippen molar-refractivity contribution in [3.05, 3.63) is 83.7 Å². The van der Waals surface area contributed by atoms with E-state index in [-0.39, 0.29) is 23.7 Å². The normalized spacial score (nSPS) is 16.6. The molecule has 1 aliphatic heterocycles. The smallest absolute Gasteiger partial charge is 0.254 e. The van der Waals surface area contributed by atoms with Crippen LogP contribution in [0, 0.1) is 11.7 Å². The van der Waals surface area contributed by atoms with Crippen molar-refractivity contribution >= 4 is 16.9 Å². The van der Waals surface area contributed by atoms with E-state index in [4.69, 9.17) is 9.72 Å². The number of carbonyl (C=O) groups is 1. The second-order valence-corrected chi connectivity index (χ2v) is 9.68. The number of piperazine rings is 1. The number of nitrogens with zero attached hydrogens (tertiary/aromatic N) is 3. The van der Waals surface area contributed by atoms with Gasteiger partial charge in [-0.2, -0.15) is 0 Å². The van der Waals surface area contributed by atoms with E-state index < -0.39 is 0 Å². The third-order valence-corrected chi connectivity index (χ3v) is 6.98. The number of methoxy groups -OCH3 is 1. The molecule has 7 heteroatoms. The number of aromatic nitrogens is 2. The first-order valence-corrected chi connectivity index (χ1v) is 12.3. The van der Waals surface area contributed by atoms with Crippen LogP contribution >= 0.6 is 0 Å².